The van der Waals surface area contributed by atoms with Crippen LogP contribution in [0.5, 0.6) is 0 Å². The zero-order valence-corrected chi connectivity index (χ0v) is 9.19. The summed E-state index contributed by atoms with van der Waals surface area (Å²) in [6, 6.07) is 0. The number of halogens is 2. The van der Waals surface area contributed by atoms with Gasteiger partial charge in [-0.25, -0.2) is 0 Å². The average Bonchev–Trinajstić information content (AvgIpc) is 1.75. The van der Waals surface area contributed by atoms with E-state index in [0.29, 0.717) is 0 Å². The van der Waals surface area contributed by atoms with Crippen LogP contribution in [0.15, 0.2) is 0 Å². The lowest BCUT2D eigenvalue weighted by molar-refractivity contribution is 0.907. The van der Waals surface area contributed by atoms with Crippen LogP contribution in [0.2, 0.25) is 0 Å². The summed E-state index contributed by atoms with van der Waals surface area (Å²) in [4.78, 5) is 1.97. The molecule has 0 rings (SSSR count). The first kappa shape index (κ1) is 11.3. The van der Waals surface area contributed by atoms with Gasteiger partial charge in [0.05, 0.1) is 0 Å². The Hall–Kier alpha value is 1.46. The van der Waals surface area contributed by atoms with Crippen molar-refractivity contribution >= 4 is 45.2 Å². The quantitative estimate of drug-likeness (QED) is 0.540. The first-order valence-electron chi connectivity index (χ1n) is 2.35. The second kappa shape index (κ2) is 15.7. The van der Waals surface area contributed by atoms with Crippen LogP contribution >= 0.6 is 45.2 Å². The molecule has 0 bridgehead atoms. The highest BCUT2D eigenvalue weighted by Crippen LogP contribution is 1.90. The Morgan fingerprint density at radius 2 is 1.71 bits per heavy atom. The molecule has 0 nitrogen and oxygen atoms in total. The Morgan fingerprint density at radius 3 is 1.71 bits per heavy atom. The van der Waals surface area contributed by atoms with Crippen LogP contribution in [-0.4, -0.2) is 9.36 Å². The zero-order valence-electron chi connectivity index (χ0n) is 4.88. The smallest absolute Gasteiger partial charge is 0.000483 e. The normalized spacial score (nSPS) is 6.86. The van der Waals surface area contributed by atoms with E-state index in [1.54, 1.807) is 0 Å². The van der Waals surface area contributed by atoms with Crippen molar-refractivity contribution in [2.45, 2.75) is 19.8 Å². The highest BCUT2D eigenvalue weighted by Gasteiger charge is 1.69. The summed E-state index contributed by atoms with van der Waals surface area (Å²) in [5.41, 5.74) is 0. The summed E-state index contributed by atoms with van der Waals surface area (Å²) < 4.78 is 1.31. The Morgan fingerprint density at radius 1 is 1.29 bits per heavy atom. The number of hydrogen-bond donors (Lipinski definition) is 0. The first-order valence-corrected chi connectivity index (χ1v) is 6.04. The minimum Gasteiger partial charge on any atom is -0.0901 e. The molecule has 0 aliphatic heterocycles. The van der Waals surface area contributed by atoms with Gasteiger partial charge < -0.3 is 0 Å². The summed E-state index contributed by atoms with van der Waals surface area (Å²) in [6.45, 7) is 2.21. The molecular weight excluding hydrogens is 314 g/mol. The summed E-state index contributed by atoms with van der Waals surface area (Å²) >= 11 is 4.54. The molecule has 0 aromatic carbocycles. The summed E-state index contributed by atoms with van der Waals surface area (Å²) in [7, 11) is 0. The Bertz CT molecular complexity index is 13.6. The van der Waals surface area contributed by atoms with Crippen LogP contribution in [0.4, 0.5) is 0 Å². The van der Waals surface area contributed by atoms with Crippen molar-refractivity contribution < 1.29 is 0 Å². The van der Waals surface area contributed by atoms with E-state index in [-0.39, 0.29) is 0 Å². The van der Waals surface area contributed by atoms with E-state index < -0.39 is 0 Å². The van der Waals surface area contributed by atoms with Gasteiger partial charge in [0.1, 0.15) is 0 Å². The minimum absolute atomic E-state index is 1.31. The third kappa shape index (κ3) is 18.6. The van der Waals surface area contributed by atoms with E-state index in [0.717, 1.165) is 0 Å². The SMILES string of the molecule is CCCCI.CI. The molecule has 2 heteroatoms. The molecule has 0 radical (unpaired) electrons. The number of rotatable bonds is 2. The van der Waals surface area contributed by atoms with Crippen LogP contribution in [0.1, 0.15) is 19.8 Å². The molecule has 0 amide bonds. The van der Waals surface area contributed by atoms with Gasteiger partial charge in [-0.3, -0.25) is 0 Å². The maximum Gasteiger partial charge on any atom is -0.000483 e. The van der Waals surface area contributed by atoms with Crippen molar-refractivity contribution in [2.75, 3.05) is 9.36 Å². The highest BCUT2D eigenvalue weighted by molar-refractivity contribution is 14.1. The van der Waals surface area contributed by atoms with Crippen molar-refractivity contribution in [1.82, 2.24) is 0 Å². The fourth-order valence-corrected chi connectivity index (χ4v) is 0.896. The van der Waals surface area contributed by atoms with Gasteiger partial charge in [0, 0.05) is 0 Å². The first-order chi connectivity index (χ1) is 3.41. The lowest BCUT2D eigenvalue weighted by atomic mass is 10.4. The van der Waals surface area contributed by atoms with Gasteiger partial charge in [0.2, 0.25) is 0 Å². The van der Waals surface area contributed by atoms with Crippen molar-refractivity contribution in [3.8, 4) is 0 Å². The Balaban J connectivity index is 0. The van der Waals surface area contributed by atoms with E-state index >= 15 is 0 Å². The summed E-state index contributed by atoms with van der Waals surface area (Å²) in [6.07, 6.45) is 2.71. The summed E-state index contributed by atoms with van der Waals surface area (Å²) in [5, 5.41) is 0. The van der Waals surface area contributed by atoms with Crippen molar-refractivity contribution in [1.29, 1.82) is 0 Å². The second-order valence-corrected chi connectivity index (χ2v) is 2.12. The van der Waals surface area contributed by atoms with Gasteiger partial charge in [-0.15, -0.1) is 0 Å². The van der Waals surface area contributed by atoms with Gasteiger partial charge >= 0.3 is 0 Å². The standard InChI is InChI=1S/C4H9I.CH3I/c1-2-3-4-5;1-2/h2-4H2,1H3;1H3. The molecule has 7 heavy (non-hydrogen) atoms. The molecule has 0 aromatic rings. The van der Waals surface area contributed by atoms with Gasteiger partial charge in [-0.1, -0.05) is 58.5 Å². The average molecular weight is 326 g/mol. The molecule has 0 atom stereocenters. The predicted octanol–water partition coefficient (Wildman–Crippen LogP) is 3.27. The van der Waals surface area contributed by atoms with E-state index in [2.05, 4.69) is 52.1 Å². The Kier molecular flexibility index (Phi) is 25.2. The van der Waals surface area contributed by atoms with Crippen molar-refractivity contribution in [3.63, 3.8) is 0 Å². The van der Waals surface area contributed by atoms with Crippen LogP contribution in [0.25, 0.3) is 0 Å². The maximum absolute atomic E-state index is 2.39. The molecule has 0 saturated heterocycles. The summed E-state index contributed by atoms with van der Waals surface area (Å²) in [5.74, 6) is 0. The maximum atomic E-state index is 2.39. The van der Waals surface area contributed by atoms with Crippen LogP contribution in [0.3, 0.4) is 0 Å². The third-order valence-electron chi connectivity index (χ3n) is 0.487. The van der Waals surface area contributed by atoms with Crippen LogP contribution in [-0.2, 0) is 0 Å². The lowest BCUT2D eigenvalue weighted by Gasteiger charge is -1.77. The van der Waals surface area contributed by atoms with Gasteiger partial charge in [0.25, 0.3) is 0 Å². The second-order valence-electron chi connectivity index (χ2n) is 1.04. The molecule has 0 aliphatic rings. The third-order valence-corrected chi connectivity index (χ3v) is 1.25. The van der Waals surface area contributed by atoms with Crippen molar-refractivity contribution in [3.05, 3.63) is 0 Å². The molecule has 0 N–H and O–H groups in total. The van der Waals surface area contributed by atoms with Gasteiger partial charge in [-0.2, -0.15) is 0 Å². The Labute approximate surface area is 73.7 Å². The van der Waals surface area contributed by atoms with E-state index in [1.807, 2.05) is 4.93 Å². The number of unbranched alkanes of at least 4 members (excludes halogenated alkanes) is 1. The molecule has 0 spiro atoms. The molecule has 0 aliphatic carbocycles. The van der Waals surface area contributed by atoms with Crippen molar-refractivity contribution in [2.24, 2.45) is 0 Å². The monoisotopic (exact) mass is 326 g/mol. The molecule has 46 valence electrons. The molecule has 0 saturated carbocycles. The van der Waals surface area contributed by atoms with E-state index in [4.69, 9.17) is 0 Å². The van der Waals surface area contributed by atoms with Gasteiger partial charge in [0.15, 0.2) is 0 Å². The molecular formula is C5H12I2. The number of alkyl halides is 2. The molecule has 0 fully saturated rings. The molecule has 0 unspecified atom stereocenters. The lowest BCUT2D eigenvalue weighted by Crippen LogP contribution is -1.64. The topological polar surface area (TPSA) is 0 Å². The minimum atomic E-state index is 1.31. The fourth-order valence-electron chi connectivity index (χ4n) is 0.134. The molecule has 0 heterocycles. The highest BCUT2D eigenvalue weighted by atomic mass is 127. The zero-order chi connectivity index (χ0) is 6.12. The number of hydrogen-bond acceptors (Lipinski definition) is 0. The predicted molar refractivity (Wildman–Crippen MR) is 53.7 cm³/mol. The van der Waals surface area contributed by atoms with Gasteiger partial charge in [-0.05, 0) is 15.8 Å². The van der Waals surface area contributed by atoms with Crippen LogP contribution in [0, 0.1) is 0 Å². The largest absolute Gasteiger partial charge is 0.0901 e. The van der Waals surface area contributed by atoms with E-state index in [1.165, 1.54) is 17.3 Å². The van der Waals surface area contributed by atoms with Crippen LogP contribution < -0.4 is 0 Å². The fraction of sp³-hybridized carbons (Fsp3) is 1.00. The van der Waals surface area contributed by atoms with E-state index in [9.17, 15) is 0 Å². The molecule has 0 aromatic heterocycles.